The Morgan fingerprint density at radius 1 is 1.57 bits per heavy atom. The smallest absolute Gasteiger partial charge is 0.313 e. The van der Waals surface area contributed by atoms with E-state index in [-0.39, 0.29) is 5.97 Å². The van der Waals surface area contributed by atoms with E-state index in [2.05, 4.69) is 0 Å². The third kappa shape index (κ3) is 2.98. The van der Waals surface area contributed by atoms with Gasteiger partial charge in [0.25, 0.3) is 0 Å². The molecule has 0 amide bonds. The average molecular weight is 199 g/mol. The van der Waals surface area contributed by atoms with Crippen molar-refractivity contribution < 1.29 is 9.53 Å². The first-order chi connectivity index (χ1) is 6.62. The van der Waals surface area contributed by atoms with E-state index in [9.17, 15) is 4.79 Å². The van der Waals surface area contributed by atoms with E-state index in [0.717, 1.165) is 18.8 Å². The maximum absolute atomic E-state index is 11.6. The lowest BCUT2D eigenvalue weighted by Crippen LogP contribution is -2.37. The van der Waals surface area contributed by atoms with Crippen molar-refractivity contribution in [3.63, 3.8) is 0 Å². The molecule has 1 aliphatic rings. The van der Waals surface area contributed by atoms with Gasteiger partial charge in [-0.25, -0.2) is 0 Å². The highest BCUT2D eigenvalue weighted by molar-refractivity contribution is 5.76. The van der Waals surface area contributed by atoms with E-state index in [1.165, 1.54) is 12.8 Å². The molecule has 0 bridgehead atoms. The van der Waals surface area contributed by atoms with Gasteiger partial charge in [-0.15, -0.1) is 0 Å². The van der Waals surface area contributed by atoms with Gasteiger partial charge in [0.05, 0.1) is 12.0 Å². The molecule has 3 nitrogen and oxygen atoms in total. The Hall–Kier alpha value is -0.570. The highest BCUT2D eigenvalue weighted by Gasteiger charge is 2.35. The molecule has 1 atom stereocenters. The molecule has 1 fully saturated rings. The van der Waals surface area contributed by atoms with Crippen LogP contribution in [0.1, 0.15) is 39.5 Å². The zero-order chi connectivity index (χ0) is 10.6. The largest absolute Gasteiger partial charge is 0.466 e. The fraction of sp³-hybridized carbons (Fsp3) is 0.909. The summed E-state index contributed by atoms with van der Waals surface area (Å²) in [6.45, 7) is 4.57. The summed E-state index contributed by atoms with van der Waals surface area (Å²) in [4.78, 5) is 11.6. The second-order valence-corrected chi connectivity index (χ2v) is 4.47. The molecule has 0 saturated heterocycles. The van der Waals surface area contributed by atoms with E-state index in [1.54, 1.807) is 0 Å². The van der Waals surface area contributed by atoms with Gasteiger partial charge >= 0.3 is 5.97 Å². The van der Waals surface area contributed by atoms with Gasteiger partial charge in [0, 0.05) is 6.54 Å². The fourth-order valence-corrected chi connectivity index (χ4v) is 1.52. The van der Waals surface area contributed by atoms with Crippen LogP contribution >= 0.6 is 0 Å². The van der Waals surface area contributed by atoms with Crippen molar-refractivity contribution in [2.24, 2.45) is 17.1 Å². The lowest BCUT2D eigenvalue weighted by Gasteiger charge is -2.25. The van der Waals surface area contributed by atoms with Crippen LogP contribution in [0.15, 0.2) is 0 Å². The van der Waals surface area contributed by atoms with Gasteiger partial charge in [0.1, 0.15) is 0 Å². The van der Waals surface area contributed by atoms with Crippen molar-refractivity contribution in [1.29, 1.82) is 0 Å². The van der Waals surface area contributed by atoms with Crippen LogP contribution in [0.4, 0.5) is 0 Å². The Morgan fingerprint density at radius 2 is 2.21 bits per heavy atom. The third-order valence-corrected chi connectivity index (χ3v) is 3.02. The van der Waals surface area contributed by atoms with Crippen molar-refractivity contribution in [3.8, 4) is 0 Å². The fourth-order valence-electron chi connectivity index (χ4n) is 1.52. The standard InChI is InChI=1S/C11H21NO2/c1-3-14-10(13)11(2,8-12)7-6-9-4-5-9/h9H,3-8,12H2,1-2H3. The first-order valence-electron chi connectivity index (χ1n) is 5.49. The van der Waals surface area contributed by atoms with E-state index in [4.69, 9.17) is 10.5 Å². The van der Waals surface area contributed by atoms with Crippen LogP contribution in [0.3, 0.4) is 0 Å². The Bertz CT molecular complexity index is 201. The van der Waals surface area contributed by atoms with Crippen LogP contribution in [0.5, 0.6) is 0 Å². The molecular formula is C11H21NO2. The second-order valence-electron chi connectivity index (χ2n) is 4.47. The van der Waals surface area contributed by atoms with Gasteiger partial charge < -0.3 is 10.5 Å². The monoisotopic (exact) mass is 199 g/mol. The van der Waals surface area contributed by atoms with Gasteiger partial charge in [-0.2, -0.15) is 0 Å². The van der Waals surface area contributed by atoms with Crippen molar-refractivity contribution in [1.82, 2.24) is 0 Å². The summed E-state index contributed by atoms with van der Waals surface area (Å²) in [7, 11) is 0. The van der Waals surface area contributed by atoms with Crippen LogP contribution in [0, 0.1) is 11.3 Å². The lowest BCUT2D eigenvalue weighted by atomic mass is 9.84. The van der Waals surface area contributed by atoms with Crippen LogP contribution in [0.25, 0.3) is 0 Å². The predicted molar refractivity (Wildman–Crippen MR) is 55.8 cm³/mol. The molecule has 82 valence electrons. The predicted octanol–water partition coefficient (Wildman–Crippen LogP) is 1.70. The number of carbonyl (C=O) groups is 1. The Balaban J connectivity index is 2.40. The second kappa shape index (κ2) is 4.78. The minimum absolute atomic E-state index is 0.136. The molecule has 0 aromatic heterocycles. The molecule has 0 spiro atoms. The van der Waals surface area contributed by atoms with Crippen molar-refractivity contribution in [2.45, 2.75) is 39.5 Å². The first-order valence-corrected chi connectivity index (χ1v) is 5.49. The van der Waals surface area contributed by atoms with E-state index in [1.807, 2.05) is 13.8 Å². The Kier molecular flexibility index (Phi) is 3.93. The van der Waals surface area contributed by atoms with Crippen molar-refractivity contribution >= 4 is 5.97 Å². The van der Waals surface area contributed by atoms with E-state index < -0.39 is 5.41 Å². The molecule has 3 heteroatoms. The number of carbonyl (C=O) groups excluding carboxylic acids is 1. The third-order valence-electron chi connectivity index (χ3n) is 3.02. The maximum Gasteiger partial charge on any atom is 0.313 e. The molecule has 2 N–H and O–H groups in total. The number of hydrogen-bond acceptors (Lipinski definition) is 3. The summed E-state index contributed by atoms with van der Waals surface area (Å²) in [6, 6.07) is 0. The maximum atomic E-state index is 11.6. The Morgan fingerprint density at radius 3 is 2.64 bits per heavy atom. The number of nitrogens with two attached hydrogens (primary N) is 1. The van der Waals surface area contributed by atoms with Crippen molar-refractivity contribution in [2.75, 3.05) is 13.2 Å². The number of hydrogen-bond donors (Lipinski definition) is 1. The van der Waals surface area contributed by atoms with Gasteiger partial charge in [0.15, 0.2) is 0 Å². The summed E-state index contributed by atoms with van der Waals surface area (Å²) >= 11 is 0. The zero-order valence-electron chi connectivity index (χ0n) is 9.21. The molecule has 1 aliphatic carbocycles. The summed E-state index contributed by atoms with van der Waals surface area (Å²) in [5.41, 5.74) is 5.18. The van der Waals surface area contributed by atoms with Gasteiger partial charge in [0.2, 0.25) is 0 Å². The van der Waals surface area contributed by atoms with Gasteiger partial charge in [-0.3, -0.25) is 4.79 Å². The summed E-state index contributed by atoms with van der Waals surface area (Å²) in [6.07, 6.45) is 4.63. The van der Waals surface area contributed by atoms with Gasteiger partial charge in [-0.05, 0) is 32.6 Å². The van der Waals surface area contributed by atoms with E-state index in [0.29, 0.717) is 13.2 Å². The molecule has 1 rings (SSSR count). The normalized spacial score (nSPS) is 20.2. The molecule has 0 radical (unpaired) electrons. The Labute approximate surface area is 86.0 Å². The molecule has 0 heterocycles. The SMILES string of the molecule is CCOC(=O)C(C)(CN)CCC1CC1. The minimum Gasteiger partial charge on any atom is -0.466 e. The first kappa shape index (κ1) is 11.5. The minimum atomic E-state index is -0.460. The molecule has 1 unspecified atom stereocenters. The number of ether oxygens (including phenoxy) is 1. The highest BCUT2D eigenvalue weighted by Crippen LogP contribution is 2.37. The molecule has 0 aromatic carbocycles. The molecule has 14 heavy (non-hydrogen) atoms. The molecular weight excluding hydrogens is 178 g/mol. The van der Waals surface area contributed by atoms with Crippen LogP contribution in [-0.4, -0.2) is 19.1 Å². The topological polar surface area (TPSA) is 52.3 Å². The zero-order valence-corrected chi connectivity index (χ0v) is 9.21. The van der Waals surface area contributed by atoms with Crippen LogP contribution in [0.2, 0.25) is 0 Å². The average Bonchev–Trinajstić information content (AvgIpc) is 2.98. The lowest BCUT2D eigenvalue weighted by molar-refractivity contribution is -0.154. The molecule has 1 saturated carbocycles. The van der Waals surface area contributed by atoms with Crippen LogP contribution in [-0.2, 0) is 9.53 Å². The quantitative estimate of drug-likeness (QED) is 0.662. The summed E-state index contributed by atoms with van der Waals surface area (Å²) < 4.78 is 5.03. The number of esters is 1. The summed E-state index contributed by atoms with van der Waals surface area (Å²) in [5.74, 6) is 0.707. The highest BCUT2D eigenvalue weighted by atomic mass is 16.5. The molecule has 0 aromatic rings. The van der Waals surface area contributed by atoms with Crippen molar-refractivity contribution in [3.05, 3.63) is 0 Å². The number of rotatable bonds is 6. The molecule has 0 aliphatic heterocycles. The van der Waals surface area contributed by atoms with Crippen LogP contribution < -0.4 is 5.73 Å². The van der Waals surface area contributed by atoms with Gasteiger partial charge in [-0.1, -0.05) is 12.8 Å². The van der Waals surface area contributed by atoms with E-state index >= 15 is 0 Å². The summed E-state index contributed by atoms with van der Waals surface area (Å²) in [5, 5.41) is 0.